The predicted molar refractivity (Wildman–Crippen MR) is 134 cm³/mol. The van der Waals surface area contributed by atoms with Crippen LogP contribution in [0.2, 0.25) is 0 Å². The Hall–Kier alpha value is -3.89. The van der Waals surface area contributed by atoms with Crippen LogP contribution in [0.5, 0.6) is 11.5 Å². The highest BCUT2D eigenvalue weighted by Crippen LogP contribution is 2.41. The lowest BCUT2D eigenvalue weighted by atomic mass is 9.93. The summed E-state index contributed by atoms with van der Waals surface area (Å²) in [5.41, 5.74) is 6.71. The van der Waals surface area contributed by atoms with Crippen molar-refractivity contribution in [1.82, 2.24) is 25.2 Å². The molecule has 0 amide bonds. The lowest BCUT2D eigenvalue weighted by Gasteiger charge is -2.26. The second-order valence-electron chi connectivity index (χ2n) is 9.35. The van der Waals surface area contributed by atoms with Crippen LogP contribution < -0.4 is 4.74 Å². The second kappa shape index (κ2) is 9.87. The Kier molecular flexibility index (Phi) is 6.27. The highest BCUT2D eigenvalue weighted by molar-refractivity contribution is 5.98. The Balaban J connectivity index is 1.32. The van der Waals surface area contributed by atoms with Crippen molar-refractivity contribution in [2.45, 2.75) is 26.2 Å². The molecule has 2 aliphatic rings. The van der Waals surface area contributed by atoms with Crippen molar-refractivity contribution in [2.24, 2.45) is 0 Å². The number of benzene rings is 2. The standard InChI is InChI=1S/C27H27N5O5/c1-16(33)24-17(3-2-4-22(24)34)5-6-18-20-15-21-25(29-27-26(28-21)30-37-31-27)19(20)7-8-23(18)36-14-11-32-9-12-35-13-10-32/h2-4,7-8,34H,5-6,9-15H2,1H3. The molecule has 3 heterocycles. The van der Waals surface area contributed by atoms with Crippen LogP contribution in [0.1, 0.15) is 39.7 Å². The summed E-state index contributed by atoms with van der Waals surface area (Å²) in [5.74, 6) is 0.670. The van der Waals surface area contributed by atoms with Gasteiger partial charge in [-0.1, -0.05) is 12.1 Å². The largest absolute Gasteiger partial charge is 0.507 e. The van der Waals surface area contributed by atoms with Crippen molar-refractivity contribution in [3.8, 4) is 22.8 Å². The van der Waals surface area contributed by atoms with Gasteiger partial charge in [0.15, 0.2) is 5.78 Å². The number of hydrogen-bond acceptors (Lipinski definition) is 10. The number of aryl methyl sites for hydroxylation is 1. The minimum absolute atomic E-state index is 0.00955. The smallest absolute Gasteiger partial charge is 0.243 e. The summed E-state index contributed by atoms with van der Waals surface area (Å²) in [7, 11) is 0. The topological polar surface area (TPSA) is 124 Å². The average Bonchev–Trinajstić information content (AvgIpc) is 3.50. The van der Waals surface area contributed by atoms with Crippen molar-refractivity contribution in [1.29, 1.82) is 0 Å². The maximum absolute atomic E-state index is 12.2. The molecule has 1 aliphatic heterocycles. The van der Waals surface area contributed by atoms with Gasteiger partial charge >= 0.3 is 0 Å². The second-order valence-corrected chi connectivity index (χ2v) is 9.35. The van der Waals surface area contributed by atoms with Crippen LogP contribution in [0.25, 0.3) is 22.6 Å². The number of morpholine rings is 1. The number of nitrogens with zero attached hydrogens (tertiary/aromatic N) is 5. The van der Waals surface area contributed by atoms with Crippen molar-refractivity contribution in [3.63, 3.8) is 0 Å². The zero-order valence-electron chi connectivity index (χ0n) is 20.6. The van der Waals surface area contributed by atoms with E-state index in [-0.39, 0.29) is 11.5 Å². The number of aromatic nitrogens is 4. The third-order valence-corrected chi connectivity index (χ3v) is 7.07. The lowest BCUT2D eigenvalue weighted by molar-refractivity contribution is 0.0322. The normalized spacial score (nSPS) is 15.1. The molecule has 10 heteroatoms. The molecule has 10 nitrogen and oxygen atoms in total. The maximum atomic E-state index is 12.2. The molecule has 0 radical (unpaired) electrons. The molecular formula is C27H27N5O5. The number of carbonyl (C=O) groups excluding carboxylic acids is 1. The molecule has 0 unspecified atom stereocenters. The number of phenolic OH excluding ortho intramolecular Hbond substituents is 1. The van der Waals surface area contributed by atoms with E-state index in [4.69, 9.17) is 14.1 Å². The highest BCUT2D eigenvalue weighted by Gasteiger charge is 2.28. The van der Waals surface area contributed by atoms with Crippen molar-refractivity contribution >= 4 is 17.1 Å². The number of hydrogen-bond donors (Lipinski definition) is 1. The first-order valence-corrected chi connectivity index (χ1v) is 12.5. The molecule has 0 spiro atoms. The van der Waals surface area contributed by atoms with Gasteiger partial charge in [0.2, 0.25) is 11.3 Å². The summed E-state index contributed by atoms with van der Waals surface area (Å²) in [6.45, 7) is 6.16. The van der Waals surface area contributed by atoms with Crippen LogP contribution in [0, 0.1) is 0 Å². The molecule has 1 saturated heterocycles. The van der Waals surface area contributed by atoms with Gasteiger partial charge in [-0.05, 0) is 65.0 Å². The molecule has 0 saturated carbocycles. The van der Waals surface area contributed by atoms with E-state index in [0.717, 1.165) is 72.2 Å². The first-order chi connectivity index (χ1) is 18.1. The van der Waals surface area contributed by atoms with Gasteiger partial charge in [0.1, 0.15) is 18.1 Å². The Morgan fingerprint density at radius 1 is 1.08 bits per heavy atom. The molecular weight excluding hydrogens is 474 g/mol. The quantitative estimate of drug-likeness (QED) is 0.317. The predicted octanol–water partition coefficient (Wildman–Crippen LogP) is 2.99. The minimum atomic E-state index is -0.154. The molecule has 37 heavy (non-hydrogen) atoms. The van der Waals surface area contributed by atoms with Crippen LogP contribution in [-0.4, -0.2) is 75.5 Å². The summed E-state index contributed by atoms with van der Waals surface area (Å²) in [5, 5.41) is 18.0. The van der Waals surface area contributed by atoms with Gasteiger partial charge in [0, 0.05) is 31.6 Å². The summed E-state index contributed by atoms with van der Waals surface area (Å²) < 4.78 is 16.6. The fraction of sp³-hybridized carbons (Fsp3) is 0.370. The highest BCUT2D eigenvalue weighted by atomic mass is 16.6. The van der Waals surface area contributed by atoms with Crippen LogP contribution in [0.4, 0.5) is 0 Å². The Labute approximate surface area is 213 Å². The van der Waals surface area contributed by atoms with Gasteiger partial charge in [-0.3, -0.25) is 9.69 Å². The fourth-order valence-electron chi connectivity index (χ4n) is 5.25. The van der Waals surface area contributed by atoms with E-state index in [9.17, 15) is 9.90 Å². The van der Waals surface area contributed by atoms with Crippen LogP contribution in [-0.2, 0) is 24.0 Å². The Bertz CT molecular complexity index is 1480. The summed E-state index contributed by atoms with van der Waals surface area (Å²) >= 11 is 0. The number of ether oxygens (including phenoxy) is 2. The van der Waals surface area contributed by atoms with E-state index in [2.05, 4.69) is 25.2 Å². The maximum Gasteiger partial charge on any atom is 0.243 e. The average molecular weight is 502 g/mol. The molecule has 6 rings (SSSR count). The molecule has 2 aromatic heterocycles. The number of phenols is 1. The van der Waals surface area contributed by atoms with Crippen molar-refractivity contribution < 1.29 is 24.0 Å². The number of ketones is 1. The van der Waals surface area contributed by atoms with Gasteiger partial charge < -0.3 is 14.6 Å². The number of aromatic hydroxyl groups is 1. The Morgan fingerprint density at radius 3 is 2.70 bits per heavy atom. The van der Waals surface area contributed by atoms with E-state index < -0.39 is 0 Å². The first-order valence-electron chi connectivity index (χ1n) is 12.5. The summed E-state index contributed by atoms with van der Waals surface area (Å²) in [4.78, 5) is 23.9. The molecule has 190 valence electrons. The first kappa shape index (κ1) is 23.5. The van der Waals surface area contributed by atoms with E-state index >= 15 is 0 Å². The van der Waals surface area contributed by atoms with Gasteiger partial charge in [-0.2, -0.15) is 0 Å². The van der Waals surface area contributed by atoms with Crippen molar-refractivity contribution in [2.75, 3.05) is 39.5 Å². The van der Waals surface area contributed by atoms with Crippen LogP contribution >= 0.6 is 0 Å². The number of rotatable bonds is 8. The van der Waals surface area contributed by atoms with E-state index in [0.29, 0.717) is 42.7 Å². The molecule has 0 atom stereocenters. The SMILES string of the molecule is CC(=O)c1c(O)cccc1CCc1c(OCCN2CCOCC2)ccc2c1Cc1nc3nonc3nc1-2. The molecule has 0 bridgehead atoms. The lowest BCUT2D eigenvalue weighted by Crippen LogP contribution is -2.38. The van der Waals surface area contributed by atoms with Gasteiger partial charge in [0.05, 0.1) is 30.2 Å². The number of fused-ring (bicyclic) bond motifs is 4. The minimum Gasteiger partial charge on any atom is -0.507 e. The third-order valence-electron chi connectivity index (χ3n) is 7.07. The number of Topliss-reactive ketones (excluding diaryl/α,β-unsaturated/α-hetero) is 1. The third kappa shape index (κ3) is 4.54. The van der Waals surface area contributed by atoms with Gasteiger partial charge in [0.25, 0.3) is 0 Å². The molecule has 4 aromatic rings. The van der Waals surface area contributed by atoms with E-state index in [1.54, 1.807) is 12.1 Å². The Morgan fingerprint density at radius 2 is 1.89 bits per heavy atom. The summed E-state index contributed by atoms with van der Waals surface area (Å²) in [6.07, 6.45) is 1.80. The zero-order valence-corrected chi connectivity index (χ0v) is 20.6. The van der Waals surface area contributed by atoms with Gasteiger partial charge in [-0.15, -0.1) is 0 Å². The van der Waals surface area contributed by atoms with Crippen LogP contribution in [0.15, 0.2) is 35.0 Å². The number of carbonyl (C=O) groups is 1. The fourth-order valence-corrected chi connectivity index (χ4v) is 5.25. The van der Waals surface area contributed by atoms with Gasteiger partial charge in [-0.25, -0.2) is 14.6 Å². The molecule has 1 N–H and O–H groups in total. The molecule has 1 aliphatic carbocycles. The van der Waals surface area contributed by atoms with E-state index in [1.165, 1.54) is 6.92 Å². The zero-order chi connectivity index (χ0) is 25.4. The molecule has 1 fully saturated rings. The monoisotopic (exact) mass is 501 g/mol. The summed E-state index contributed by atoms with van der Waals surface area (Å²) in [6, 6.07) is 9.23. The molecule has 2 aromatic carbocycles. The van der Waals surface area contributed by atoms with Crippen molar-refractivity contribution in [3.05, 3.63) is 58.3 Å². The van der Waals surface area contributed by atoms with E-state index in [1.807, 2.05) is 18.2 Å². The van der Waals surface area contributed by atoms with Crippen LogP contribution in [0.3, 0.4) is 0 Å².